The summed E-state index contributed by atoms with van der Waals surface area (Å²) >= 11 is 5.99. The van der Waals surface area contributed by atoms with Gasteiger partial charge < -0.3 is 10.5 Å². The van der Waals surface area contributed by atoms with Crippen LogP contribution in [0.2, 0.25) is 5.02 Å². The monoisotopic (exact) mass is 379 g/mol. The molecule has 0 bridgehead atoms. The molecule has 3 aromatic carbocycles. The van der Waals surface area contributed by atoms with Crippen molar-refractivity contribution in [2.24, 2.45) is 5.10 Å². The van der Waals surface area contributed by atoms with Gasteiger partial charge >= 0.3 is 0 Å². The standard InChI is InChI=1S/C21H18ClN3O2/c22-17-8-5-6-15(12-17)14-27-20-11-4-1-7-16(20)13-24-25-21(26)18-9-2-3-10-19(18)23/h1-13H,14,23H2,(H,25,26)/b24-13-. The highest BCUT2D eigenvalue weighted by Crippen LogP contribution is 2.19. The van der Waals surface area contributed by atoms with Crippen LogP contribution in [0.1, 0.15) is 21.5 Å². The number of nitrogens with two attached hydrogens (primary N) is 1. The van der Waals surface area contributed by atoms with E-state index in [2.05, 4.69) is 10.5 Å². The maximum atomic E-state index is 12.1. The summed E-state index contributed by atoms with van der Waals surface area (Å²) in [4.78, 5) is 12.1. The summed E-state index contributed by atoms with van der Waals surface area (Å²) in [5.74, 6) is 0.274. The number of nitrogen functional groups attached to an aromatic ring is 1. The van der Waals surface area contributed by atoms with Gasteiger partial charge in [0.15, 0.2) is 0 Å². The maximum absolute atomic E-state index is 12.1. The fourth-order valence-electron chi connectivity index (χ4n) is 2.43. The first kappa shape index (κ1) is 18.5. The SMILES string of the molecule is Nc1ccccc1C(=O)N/N=C\c1ccccc1OCc1cccc(Cl)c1. The Labute approximate surface area is 162 Å². The van der Waals surface area contributed by atoms with Crippen molar-refractivity contribution in [2.75, 3.05) is 5.73 Å². The Morgan fingerprint density at radius 3 is 2.67 bits per heavy atom. The molecule has 3 N–H and O–H groups in total. The zero-order valence-corrected chi connectivity index (χ0v) is 15.2. The van der Waals surface area contributed by atoms with Gasteiger partial charge in [0.2, 0.25) is 0 Å². The second-order valence-electron chi connectivity index (χ2n) is 5.74. The maximum Gasteiger partial charge on any atom is 0.273 e. The van der Waals surface area contributed by atoms with Gasteiger partial charge in [0.1, 0.15) is 12.4 Å². The molecule has 0 radical (unpaired) electrons. The molecule has 0 aromatic heterocycles. The van der Waals surface area contributed by atoms with Crippen molar-refractivity contribution in [1.29, 1.82) is 0 Å². The van der Waals surface area contributed by atoms with Crippen molar-refractivity contribution in [1.82, 2.24) is 5.43 Å². The van der Waals surface area contributed by atoms with Gasteiger partial charge in [-0.05, 0) is 42.0 Å². The molecular weight excluding hydrogens is 362 g/mol. The van der Waals surface area contributed by atoms with Crippen molar-refractivity contribution >= 4 is 29.4 Å². The van der Waals surface area contributed by atoms with E-state index in [-0.39, 0.29) is 5.91 Å². The number of benzene rings is 3. The van der Waals surface area contributed by atoms with Crippen LogP contribution in [0.5, 0.6) is 5.75 Å². The number of hydrogen-bond acceptors (Lipinski definition) is 4. The van der Waals surface area contributed by atoms with Gasteiger partial charge in [-0.2, -0.15) is 5.10 Å². The molecule has 136 valence electrons. The number of hydrazone groups is 1. The third kappa shape index (κ3) is 5.09. The van der Waals surface area contributed by atoms with E-state index >= 15 is 0 Å². The molecule has 1 amide bonds. The Bertz CT molecular complexity index is 973. The summed E-state index contributed by atoms with van der Waals surface area (Å²) in [6.07, 6.45) is 1.53. The van der Waals surface area contributed by atoms with E-state index in [0.717, 1.165) is 11.1 Å². The van der Waals surface area contributed by atoms with Crippen molar-refractivity contribution < 1.29 is 9.53 Å². The Balaban J connectivity index is 1.66. The number of carbonyl (C=O) groups excluding carboxylic acids is 1. The lowest BCUT2D eigenvalue weighted by Crippen LogP contribution is -2.19. The summed E-state index contributed by atoms with van der Waals surface area (Å²) in [6.45, 7) is 0.373. The number of anilines is 1. The van der Waals surface area contributed by atoms with E-state index < -0.39 is 0 Å². The Hall–Kier alpha value is -3.31. The van der Waals surface area contributed by atoms with Crippen LogP contribution in [0.15, 0.2) is 77.9 Å². The minimum absolute atomic E-state index is 0.373. The molecule has 0 heterocycles. The van der Waals surface area contributed by atoms with Gasteiger partial charge in [0.05, 0.1) is 11.8 Å². The molecular formula is C21H18ClN3O2. The van der Waals surface area contributed by atoms with Gasteiger partial charge in [-0.1, -0.05) is 48.0 Å². The summed E-state index contributed by atoms with van der Waals surface area (Å²) in [5.41, 5.74) is 10.7. The number of ether oxygens (including phenoxy) is 1. The van der Waals surface area contributed by atoms with E-state index in [4.69, 9.17) is 22.1 Å². The zero-order chi connectivity index (χ0) is 19.1. The molecule has 0 saturated carbocycles. The zero-order valence-electron chi connectivity index (χ0n) is 14.4. The first-order valence-electron chi connectivity index (χ1n) is 8.27. The number of rotatable bonds is 6. The van der Waals surface area contributed by atoms with E-state index in [9.17, 15) is 4.79 Å². The van der Waals surface area contributed by atoms with E-state index in [1.54, 1.807) is 24.3 Å². The predicted octanol–water partition coefficient (Wildman–Crippen LogP) is 4.27. The number of nitrogens with zero attached hydrogens (tertiary/aromatic N) is 1. The Morgan fingerprint density at radius 1 is 1.07 bits per heavy atom. The van der Waals surface area contributed by atoms with E-state index in [0.29, 0.717) is 28.6 Å². The van der Waals surface area contributed by atoms with Crippen LogP contribution in [-0.2, 0) is 6.61 Å². The average molecular weight is 380 g/mol. The van der Waals surface area contributed by atoms with E-state index in [1.165, 1.54) is 6.21 Å². The summed E-state index contributed by atoms with van der Waals surface area (Å²) in [6, 6.07) is 21.7. The molecule has 0 aliphatic rings. The van der Waals surface area contributed by atoms with Crippen LogP contribution in [0.4, 0.5) is 5.69 Å². The second-order valence-corrected chi connectivity index (χ2v) is 6.18. The topological polar surface area (TPSA) is 76.7 Å². The van der Waals surface area contributed by atoms with Crippen molar-refractivity contribution in [3.8, 4) is 5.75 Å². The molecule has 0 fully saturated rings. The van der Waals surface area contributed by atoms with Crippen LogP contribution in [0.3, 0.4) is 0 Å². The third-order valence-corrected chi connectivity index (χ3v) is 4.01. The molecule has 3 aromatic rings. The highest BCUT2D eigenvalue weighted by Gasteiger charge is 2.07. The molecule has 6 heteroatoms. The first-order valence-corrected chi connectivity index (χ1v) is 8.65. The molecule has 27 heavy (non-hydrogen) atoms. The van der Waals surface area contributed by atoms with Crippen LogP contribution in [-0.4, -0.2) is 12.1 Å². The van der Waals surface area contributed by atoms with E-state index in [1.807, 2.05) is 48.5 Å². The predicted molar refractivity (Wildman–Crippen MR) is 108 cm³/mol. The van der Waals surface area contributed by atoms with Crippen LogP contribution in [0, 0.1) is 0 Å². The molecule has 0 aliphatic heterocycles. The molecule has 0 spiro atoms. The minimum atomic E-state index is -0.373. The molecule has 0 saturated heterocycles. The lowest BCUT2D eigenvalue weighted by atomic mass is 10.2. The van der Waals surface area contributed by atoms with Crippen molar-refractivity contribution in [3.63, 3.8) is 0 Å². The summed E-state index contributed by atoms with van der Waals surface area (Å²) in [5, 5.41) is 4.67. The number of halogens is 1. The van der Waals surface area contributed by atoms with Crippen LogP contribution < -0.4 is 15.9 Å². The molecule has 0 unspecified atom stereocenters. The van der Waals surface area contributed by atoms with Gasteiger partial charge in [-0.25, -0.2) is 5.43 Å². The lowest BCUT2D eigenvalue weighted by molar-refractivity contribution is 0.0956. The van der Waals surface area contributed by atoms with Crippen LogP contribution in [0.25, 0.3) is 0 Å². The molecule has 3 rings (SSSR count). The van der Waals surface area contributed by atoms with Crippen LogP contribution >= 0.6 is 11.6 Å². The lowest BCUT2D eigenvalue weighted by Gasteiger charge is -2.09. The number of carbonyl (C=O) groups is 1. The minimum Gasteiger partial charge on any atom is -0.488 e. The number of amides is 1. The second kappa shape index (κ2) is 8.87. The fourth-order valence-corrected chi connectivity index (χ4v) is 2.64. The highest BCUT2D eigenvalue weighted by molar-refractivity contribution is 6.30. The number of hydrogen-bond donors (Lipinski definition) is 2. The first-order chi connectivity index (χ1) is 13.1. The third-order valence-electron chi connectivity index (χ3n) is 3.78. The number of para-hydroxylation sites is 2. The van der Waals surface area contributed by atoms with Crippen molar-refractivity contribution in [3.05, 3.63) is 94.5 Å². The van der Waals surface area contributed by atoms with Gasteiger partial charge in [-0.3, -0.25) is 4.79 Å². The largest absolute Gasteiger partial charge is 0.488 e. The van der Waals surface area contributed by atoms with Gasteiger partial charge in [-0.15, -0.1) is 0 Å². The molecule has 5 nitrogen and oxygen atoms in total. The summed E-state index contributed by atoms with van der Waals surface area (Å²) in [7, 11) is 0. The number of nitrogens with one attached hydrogen (secondary N) is 1. The molecule has 0 aliphatic carbocycles. The quantitative estimate of drug-likeness (QED) is 0.381. The molecule has 0 atom stereocenters. The van der Waals surface area contributed by atoms with Crippen molar-refractivity contribution in [2.45, 2.75) is 6.61 Å². The van der Waals surface area contributed by atoms with Gasteiger partial charge in [0, 0.05) is 16.3 Å². The fraction of sp³-hybridized carbons (Fsp3) is 0.0476. The highest BCUT2D eigenvalue weighted by atomic mass is 35.5. The smallest absolute Gasteiger partial charge is 0.273 e. The summed E-state index contributed by atoms with van der Waals surface area (Å²) < 4.78 is 5.86. The Kier molecular flexibility index (Phi) is 6.07. The normalized spacial score (nSPS) is 10.7. The Morgan fingerprint density at radius 2 is 1.85 bits per heavy atom. The van der Waals surface area contributed by atoms with Gasteiger partial charge in [0.25, 0.3) is 5.91 Å². The average Bonchev–Trinajstić information content (AvgIpc) is 2.67.